The minimum absolute atomic E-state index is 0.0335. The van der Waals surface area contributed by atoms with Gasteiger partial charge in [-0.25, -0.2) is 8.42 Å². The quantitative estimate of drug-likeness (QED) is 0.370. The summed E-state index contributed by atoms with van der Waals surface area (Å²) in [7, 11) is -3.90. The lowest BCUT2D eigenvalue weighted by Gasteiger charge is -2.08. The Hall–Kier alpha value is -3.02. The highest BCUT2D eigenvalue weighted by molar-refractivity contribution is 7.89. The number of ether oxygens (including phenoxy) is 1. The number of nitrogens with one attached hydrogen (secondary N) is 2. The molecule has 10 nitrogen and oxygen atoms in total. The number of carbonyl (C=O) groups is 2. The molecule has 28 heavy (non-hydrogen) atoms. The minimum atomic E-state index is -3.90. The van der Waals surface area contributed by atoms with Crippen LogP contribution in [0.3, 0.4) is 0 Å². The topological polar surface area (TPSA) is 145 Å². The Morgan fingerprint density at radius 3 is 2.46 bits per heavy atom. The normalized spacial score (nSPS) is 10.9. The smallest absolute Gasteiger partial charge is 0.321 e. The number of carbonyl (C=O) groups excluding carboxylic acids is 2. The molecule has 0 saturated heterocycles. The molecule has 0 aliphatic rings. The molecule has 0 radical (unpaired) electrons. The SMILES string of the molecule is O=C(COC(=O)CNS(=O)(=O)c1ccccc1)Nc1cc(Cl)ccc1[N+](=O)[O-]. The van der Waals surface area contributed by atoms with Crippen LogP contribution in [0.1, 0.15) is 0 Å². The van der Waals surface area contributed by atoms with Gasteiger partial charge in [-0.2, -0.15) is 4.72 Å². The highest BCUT2D eigenvalue weighted by Gasteiger charge is 2.18. The van der Waals surface area contributed by atoms with Crippen molar-refractivity contribution in [2.24, 2.45) is 0 Å². The molecule has 0 unspecified atom stereocenters. The predicted octanol–water partition coefficient (Wildman–Crippen LogP) is 1.71. The molecular formula is C16H14ClN3O7S. The van der Waals surface area contributed by atoms with Crippen molar-refractivity contribution in [3.05, 3.63) is 63.7 Å². The van der Waals surface area contributed by atoms with Gasteiger partial charge in [0.05, 0.1) is 9.82 Å². The molecule has 0 aliphatic carbocycles. The van der Waals surface area contributed by atoms with Crippen LogP contribution in [-0.2, 0) is 24.3 Å². The van der Waals surface area contributed by atoms with Crippen LogP contribution in [0.15, 0.2) is 53.4 Å². The molecule has 12 heteroatoms. The van der Waals surface area contributed by atoms with E-state index in [1.54, 1.807) is 6.07 Å². The molecule has 0 aromatic heterocycles. The Morgan fingerprint density at radius 2 is 1.82 bits per heavy atom. The van der Waals surface area contributed by atoms with Gasteiger partial charge in [-0.1, -0.05) is 29.8 Å². The first-order valence-electron chi connectivity index (χ1n) is 7.63. The highest BCUT2D eigenvalue weighted by Crippen LogP contribution is 2.27. The maximum absolute atomic E-state index is 12.0. The first-order chi connectivity index (χ1) is 13.2. The van der Waals surface area contributed by atoms with Crippen LogP contribution in [-0.4, -0.2) is 38.4 Å². The van der Waals surface area contributed by atoms with Gasteiger partial charge in [0.2, 0.25) is 10.0 Å². The molecule has 0 fully saturated rings. The van der Waals surface area contributed by atoms with E-state index in [1.807, 2.05) is 4.72 Å². The van der Waals surface area contributed by atoms with E-state index in [-0.39, 0.29) is 21.3 Å². The van der Waals surface area contributed by atoms with Crippen LogP contribution in [0, 0.1) is 10.1 Å². The highest BCUT2D eigenvalue weighted by atomic mass is 35.5. The van der Waals surface area contributed by atoms with Gasteiger partial charge >= 0.3 is 5.97 Å². The second kappa shape index (κ2) is 9.26. The molecule has 2 rings (SSSR count). The van der Waals surface area contributed by atoms with Crippen LogP contribution in [0.4, 0.5) is 11.4 Å². The summed E-state index contributed by atoms with van der Waals surface area (Å²) in [5, 5.41) is 13.3. The van der Waals surface area contributed by atoms with E-state index in [1.165, 1.54) is 36.4 Å². The number of nitrogens with zero attached hydrogens (tertiary/aromatic N) is 1. The van der Waals surface area contributed by atoms with Gasteiger partial charge in [-0.15, -0.1) is 0 Å². The van der Waals surface area contributed by atoms with Gasteiger partial charge in [-0.3, -0.25) is 19.7 Å². The van der Waals surface area contributed by atoms with Crippen molar-refractivity contribution in [1.82, 2.24) is 4.72 Å². The maximum atomic E-state index is 12.0. The third-order valence-corrected chi connectivity index (χ3v) is 4.91. The summed E-state index contributed by atoms with van der Waals surface area (Å²) < 4.78 is 30.6. The molecule has 2 aromatic carbocycles. The predicted molar refractivity (Wildman–Crippen MR) is 99.3 cm³/mol. The van der Waals surface area contributed by atoms with Crippen LogP contribution in [0.2, 0.25) is 5.02 Å². The largest absolute Gasteiger partial charge is 0.455 e. The number of anilines is 1. The number of hydrogen-bond acceptors (Lipinski definition) is 7. The van der Waals surface area contributed by atoms with Crippen molar-refractivity contribution >= 4 is 44.9 Å². The molecule has 2 N–H and O–H groups in total. The molecule has 0 heterocycles. The van der Waals surface area contributed by atoms with Crippen molar-refractivity contribution in [2.45, 2.75) is 4.90 Å². The Kier molecular flexibility index (Phi) is 7.04. The Morgan fingerprint density at radius 1 is 1.14 bits per heavy atom. The molecule has 0 saturated carbocycles. The van der Waals surface area contributed by atoms with Gasteiger partial charge in [0.15, 0.2) is 6.61 Å². The first-order valence-corrected chi connectivity index (χ1v) is 9.49. The molecule has 0 aliphatic heterocycles. The summed E-state index contributed by atoms with van der Waals surface area (Å²) in [5.74, 6) is -1.86. The Labute approximate surface area is 164 Å². The van der Waals surface area contributed by atoms with E-state index in [0.29, 0.717) is 0 Å². The number of rotatable bonds is 8. The number of benzene rings is 2. The first kappa shape index (κ1) is 21.3. The van der Waals surface area contributed by atoms with Crippen molar-refractivity contribution in [3.63, 3.8) is 0 Å². The second-order valence-corrected chi connectivity index (χ2v) is 7.47. The van der Waals surface area contributed by atoms with Gasteiger partial charge in [-0.05, 0) is 24.3 Å². The van der Waals surface area contributed by atoms with E-state index in [0.717, 1.165) is 6.07 Å². The zero-order chi connectivity index (χ0) is 20.7. The zero-order valence-electron chi connectivity index (χ0n) is 14.1. The van der Waals surface area contributed by atoms with E-state index in [9.17, 15) is 28.1 Å². The van der Waals surface area contributed by atoms with Crippen molar-refractivity contribution < 1.29 is 27.7 Å². The average Bonchev–Trinajstić information content (AvgIpc) is 2.65. The summed E-state index contributed by atoms with van der Waals surface area (Å²) in [5.41, 5.74) is -0.553. The van der Waals surface area contributed by atoms with E-state index >= 15 is 0 Å². The number of nitro groups is 1. The fraction of sp³-hybridized carbons (Fsp3) is 0.125. The average molecular weight is 428 g/mol. The third kappa shape index (κ3) is 6.01. The Bertz CT molecular complexity index is 997. The van der Waals surface area contributed by atoms with Gasteiger partial charge in [0.1, 0.15) is 12.2 Å². The van der Waals surface area contributed by atoms with Crippen molar-refractivity contribution in [2.75, 3.05) is 18.5 Å². The lowest BCUT2D eigenvalue weighted by atomic mass is 10.2. The summed E-state index contributed by atoms with van der Waals surface area (Å²) in [6.45, 7) is -1.46. The number of esters is 1. The zero-order valence-corrected chi connectivity index (χ0v) is 15.7. The number of sulfonamides is 1. The number of halogens is 1. The lowest BCUT2D eigenvalue weighted by molar-refractivity contribution is -0.383. The summed E-state index contributed by atoms with van der Waals surface area (Å²) in [6, 6.07) is 10.9. The number of hydrogen-bond donors (Lipinski definition) is 2. The molecule has 2 aromatic rings. The van der Waals surface area contributed by atoms with Gasteiger partial charge in [0.25, 0.3) is 11.6 Å². The maximum Gasteiger partial charge on any atom is 0.321 e. The summed E-state index contributed by atoms with van der Waals surface area (Å²) in [6.07, 6.45) is 0. The van der Waals surface area contributed by atoms with E-state index < -0.39 is 40.0 Å². The molecule has 0 spiro atoms. The summed E-state index contributed by atoms with van der Waals surface area (Å²) >= 11 is 5.74. The lowest BCUT2D eigenvalue weighted by Crippen LogP contribution is -2.32. The third-order valence-electron chi connectivity index (χ3n) is 3.25. The van der Waals surface area contributed by atoms with E-state index in [4.69, 9.17) is 11.6 Å². The second-order valence-electron chi connectivity index (χ2n) is 5.27. The van der Waals surface area contributed by atoms with Crippen LogP contribution in [0.5, 0.6) is 0 Å². The fourth-order valence-electron chi connectivity index (χ4n) is 1.99. The summed E-state index contributed by atoms with van der Waals surface area (Å²) in [4.78, 5) is 33.7. The standard InChI is InChI=1S/C16H14ClN3O7S/c17-11-6-7-14(20(23)24)13(8-11)19-15(21)10-27-16(22)9-18-28(25,26)12-4-2-1-3-5-12/h1-8,18H,9-10H2,(H,19,21). The monoisotopic (exact) mass is 427 g/mol. The number of nitro benzene ring substituents is 1. The molecular weight excluding hydrogens is 414 g/mol. The number of amides is 1. The minimum Gasteiger partial charge on any atom is -0.455 e. The van der Waals surface area contributed by atoms with Crippen LogP contribution < -0.4 is 10.0 Å². The molecule has 1 amide bonds. The molecule has 0 bridgehead atoms. The van der Waals surface area contributed by atoms with Crippen LogP contribution >= 0.6 is 11.6 Å². The Balaban J connectivity index is 1.87. The molecule has 148 valence electrons. The van der Waals surface area contributed by atoms with Gasteiger partial charge in [0, 0.05) is 11.1 Å². The van der Waals surface area contributed by atoms with Crippen molar-refractivity contribution in [3.8, 4) is 0 Å². The fourth-order valence-corrected chi connectivity index (χ4v) is 3.15. The van der Waals surface area contributed by atoms with Crippen molar-refractivity contribution in [1.29, 1.82) is 0 Å². The van der Waals surface area contributed by atoms with Crippen LogP contribution in [0.25, 0.3) is 0 Å². The van der Waals surface area contributed by atoms with Gasteiger partial charge < -0.3 is 10.1 Å². The van der Waals surface area contributed by atoms with E-state index in [2.05, 4.69) is 10.1 Å². The molecule has 0 atom stereocenters.